The maximum Gasteiger partial charge on any atom is 0.229 e. The average Bonchev–Trinajstić information content (AvgIpc) is 3.16. The number of nitriles is 1. The minimum atomic E-state index is -0.0931. The van der Waals surface area contributed by atoms with Gasteiger partial charge < -0.3 is 5.32 Å². The molecule has 7 heteroatoms. The summed E-state index contributed by atoms with van der Waals surface area (Å²) < 4.78 is 0. The quantitative estimate of drug-likeness (QED) is 0.756. The van der Waals surface area contributed by atoms with Crippen molar-refractivity contribution in [2.75, 3.05) is 5.32 Å². The lowest BCUT2D eigenvalue weighted by Gasteiger charge is -2.23. The van der Waals surface area contributed by atoms with Crippen molar-refractivity contribution in [2.45, 2.75) is 26.2 Å². The Kier molecular flexibility index (Phi) is 4.65. The van der Waals surface area contributed by atoms with Gasteiger partial charge in [0.25, 0.3) is 0 Å². The summed E-state index contributed by atoms with van der Waals surface area (Å²) in [4.78, 5) is 25.8. The molecule has 1 amide bonds. The number of hydrogen-bond donors (Lipinski definition) is 1. The van der Waals surface area contributed by atoms with Crippen LogP contribution in [0, 0.1) is 24.2 Å². The number of carbonyl (C=O) groups is 1. The highest BCUT2D eigenvalue weighted by atomic mass is 32.1. The first kappa shape index (κ1) is 17.3. The fourth-order valence-corrected chi connectivity index (χ4v) is 4.02. The minimum absolute atomic E-state index is 0.00960. The fourth-order valence-electron chi connectivity index (χ4n) is 3.30. The lowest BCUT2D eigenvalue weighted by atomic mass is 9.85. The Morgan fingerprint density at radius 1 is 1.30 bits per heavy atom. The smallest absolute Gasteiger partial charge is 0.229 e. The summed E-state index contributed by atoms with van der Waals surface area (Å²) in [6.45, 7) is 1.96. The largest absolute Gasteiger partial charge is 0.302 e. The molecule has 0 saturated heterocycles. The van der Waals surface area contributed by atoms with Crippen molar-refractivity contribution >= 4 is 22.4 Å². The van der Waals surface area contributed by atoms with Crippen LogP contribution in [0.1, 0.15) is 28.9 Å². The molecule has 0 spiro atoms. The summed E-state index contributed by atoms with van der Waals surface area (Å²) in [5.41, 5.74) is 5.43. The van der Waals surface area contributed by atoms with Crippen LogP contribution in [0.4, 0.5) is 5.13 Å². The minimum Gasteiger partial charge on any atom is -0.302 e. The molecule has 3 aromatic rings. The average molecular weight is 375 g/mol. The molecule has 1 N–H and O–H groups in total. The first-order valence-corrected chi connectivity index (χ1v) is 9.58. The van der Waals surface area contributed by atoms with Gasteiger partial charge in [-0.25, -0.2) is 15.0 Å². The van der Waals surface area contributed by atoms with Gasteiger partial charge in [-0.3, -0.25) is 4.79 Å². The highest BCUT2D eigenvalue weighted by molar-refractivity contribution is 7.14. The Hall–Kier alpha value is -3.11. The second kappa shape index (κ2) is 7.25. The van der Waals surface area contributed by atoms with Gasteiger partial charge in [0.05, 0.1) is 17.3 Å². The standard InChI is InChI=1S/C20H17N5OS/c1-12-16-8-15(6-7-17(16)23-11-22-12)19(26)25-20-24-18(10-27-20)14-4-2-13(9-21)3-5-14/h2-5,10-11,15H,6-8H2,1H3,(H,24,25,26). The second-order valence-corrected chi connectivity index (χ2v) is 7.40. The number of amides is 1. The molecule has 27 heavy (non-hydrogen) atoms. The number of carbonyl (C=O) groups excluding carboxylic acids is 1. The lowest BCUT2D eigenvalue weighted by molar-refractivity contribution is -0.120. The van der Waals surface area contributed by atoms with E-state index in [4.69, 9.17) is 5.26 Å². The molecule has 0 fully saturated rings. The van der Waals surface area contributed by atoms with Crippen LogP contribution in [0.5, 0.6) is 0 Å². The lowest BCUT2D eigenvalue weighted by Crippen LogP contribution is -2.29. The Bertz CT molecular complexity index is 1040. The number of benzene rings is 1. The van der Waals surface area contributed by atoms with Crippen LogP contribution < -0.4 is 5.32 Å². The number of aryl methyl sites for hydroxylation is 2. The van der Waals surface area contributed by atoms with Gasteiger partial charge in [-0.15, -0.1) is 11.3 Å². The van der Waals surface area contributed by atoms with E-state index in [9.17, 15) is 4.79 Å². The molecule has 0 bridgehead atoms. The number of fused-ring (bicyclic) bond motifs is 1. The van der Waals surface area contributed by atoms with E-state index >= 15 is 0 Å². The Labute approximate surface area is 160 Å². The normalized spacial score (nSPS) is 15.6. The van der Waals surface area contributed by atoms with E-state index in [1.165, 1.54) is 11.3 Å². The Morgan fingerprint density at radius 2 is 2.11 bits per heavy atom. The van der Waals surface area contributed by atoms with Crippen LogP contribution in [-0.4, -0.2) is 20.9 Å². The molecule has 1 unspecified atom stereocenters. The van der Waals surface area contributed by atoms with Crippen molar-refractivity contribution in [1.82, 2.24) is 15.0 Å². The van der Waals surface area contributed by atoms with E-state index in [1.54, 1.807) is 18.5 Å². The van der Waals surface area contributed by atoms with Crippen LogP contribution in [0.3, 0.4) is 0 Å². The van der Waals surface area contributed by atoms with Gasteiger partial charge in [-0.05, 0) is 43.9 Å². The van der Waals surface area contributed by atoms with Gasteiger partial charge in [-0.2, -0.15) is 5.26 Å². The summed E-state index contributed by atoms with van der Waals surface area (Å²) >= 11 is 1.40. The number of thiazole rings is 1. The van der Waals surface area contributed by atoms with E-state index in [1.807, 2.05) is 24.4 Å². The molecular weight excluding hydrogens is 358 g/mol. The molecule has 4 rings (SSSR count). The van der Waals surface area contributed by atoms with E-state index in [2.05, 4.69) is 26.3 Å². The zero-order valence-electron chi connectivity index (χ0n) is 14.8. The molecule has 0 saturated carbocycles. The number of aromatic nitrogens is 3. The Balaban J connectivity index is 1.45. The molecule has 2 aromatic heterocycles. The number of anilines is 1. The predicted octanol–water partition coefficient (Wildman–Crippen LogP) is 3.52. The topological polar surface area (TPSA) is 91.6 Å². The molecule has 2 heterocycles. The Morgan fingerprint density at radius 3 is 2.89 bits per heavy atom. The van der Waals surface area contributed by atoms with E-state index in [0.29, 0.717) is 17.1 Å². The van der Waals surface area contributed by atoms with Crippen molar-refractivity contribution < 1.29 is 4.79 Å². The summed E-state index contributed by atoms with van der Waals surface area (Å²) in [5, 5.41) is 14.3. The summed E-state index contributed by atoms with van der Waals surface area (Å²) in [6, 6.07) is 9.34. The fraction of sp³-hybridized carbons (Fsp3) is 0.250. The van der Waals surface area contributed by atoms with Gasteiger partial charge in [-0.1, -0.05) is 12.1 Å². The van der Waals surface area contributed by atoms with Gasteiger partial charge in [0.15, 0.2) is 5.13 Å². The molecule has 1 aliphatic rings. The SMILES string of the molecule is Cc1ncnc2c1CC(C(=O)Nc1nc(-c3ccc(C#N)cc3)cs1)CC2. The maximum absolute atomic E-state index is 12.7. The van der Waals surface area contributed by atoms with E-state index < -0.39 is 0 Å². The van der Waals surface area contributed by atoms with Crippen molar-refractivity contribution in [3.63, 3.8) is 0 Å². The van der Waals surface area contributed by atoms with Gasteiger partial charge >= 0.3 is 0 Å². The number of rotatable bonds is 3. The zero-order chi connectivity index (χ0) is 18.8. The van der Waals surface area contributed by atoms with E-state index in [-0.39, 0.29) is 11.8 Å². The summed E-state index contributed by atoms with van der Waals surface area (Å²) in [6.07, 6.45) is 3.84. The molecule has 1 aromatic carbocycles. The molecule has 1 atom stereocenters. The molecule has 0 radical (unpaired) electrons. The third kappa shape index (κ3) is 3.57. The van der Waals surface area contributed by atoms with Crippen LogP contribution in [0.25, 0.3) is 11.3 Å². The van der Waals surface area contributed by atoms with Crippen LogP contribution in [-0.2, 0) is 17.6 Å². The van der Waals surface area contributed by atoms with Crippen molar-refractivity contribution in [3.05, 3.63) is 58.5 Å². The maximum atomic E-state index is 12.7. The first-order valence-electron chi connectivity index (χ1n) is 8.70. The highest BCUT2D eigenvalue weighted by Gasteiger charge is 2.27. The van der Waals surface area contributed by atoms with Gasteiger partial charge in [0.1, 0.15) is 6.33 Å². The van der Waals surface area contributed by atoms with Crippen molar-refractivity contribution in [2.24, 2.45) is 5.92 Å². The number of nitrogens with zero attached hydrogens (tertiary/aromatic N) is 4. The van der Waals surface area contributed by atoms with Crippen LogP contribution in [0.2, 0.25) is 0 Å². The van der Waals surface area contributed by atoms with Gasteiger partial charge in [0, 0.05) is 28.2 Å². The third-order valence-corrected chi connectivity index (χ3v) is 5.60. The molecule has 6 nitrogen and oxygen atoms in total. The first-order chi connectivity index (χ1) is 13.1. The van der Waals surface area contributed by atoms with Gasteiger partial charge in [0.2, 0.25) is 5.91 Å². The molecule has 134 valence electrons. The molecular formula is C20H17N5OS. The number of hydrogen-bond acceptors (Lipinski definition) is 6. The number of nitrogens with one attached hydrogen (secondary N) is 1. The summed E-state index contributed by atoms with van der Waals surface area (Å²) in [7, 11) is 0. The molecule has 0 aliphatic heterocycles. The molecule has 1 aliphatic carbocycles. The predicted molar refractivity (Wildman–Crippen MR) is 103 cm³/mol. The van der Waals surface area contributed by atoms with Crippen LogP contribution in [0.15, 0.2) is 36.0 Å². The zero-order valence-corrected chi connectivity index (χ0v) is 15.6. The van der Waals surface area contributed by atoms with Crippen LogP contribution >= 0.6 is 11.3 Å². The van der Waals surface area contributed by atoms with Crippen molar-refractivity contribution in [1.29, 1.82) is 5.26 Å². The van der Waals surface area contributed by atoms with E-state index in [0.717, 1.165) is 41.1 Å². The van der Waals surface area contributed by atoms with Crippen molar-refractivity contribution in [3.8, 4) is 17.3 Å². The summed E-state index contributed by atoms with van der Waals surface area (Å²) in [5.74, 6) is -0.103. The highest BCUT2D eigenvalue weighted by Crippen LogP contribution is 2.29. The monoisotopic (exact) mass is 375 g/mol. The second-order valence-electron chi connectivity index (χ2n) is 6.54. The third-order valence-electron chi connectivity index (χ3n) is 4.85.